The first-order valence-corrected chi connectivity index (χ1v) is 8.56. The lowest BCUT2D eigenvalue weighted by atomic mass is 10.2. The van der Waals surface area contributed by atoms with Gasteiger partial charge in [0.1, 0.15) is 0 Å². The van der Waals surface area contributed by atoms with Crippen molar-refractivity contribution in [3.63, 3.8) is 0 Å². The molecule has 3 rings (SSSR count). The van der Waals surface area contributed by atoms with Crippen molar-refractivity contribution in [1.82, 2.24) is 14.9 Å². The van der Waals surface area contributed by atoms with E-state index in [1.165, 1.54) is 11.8 Å². The molecule has 120 valence electrons. The zero-order valence-electron chi connectivity index (χ0n) is 13.0. The number of rotatable bonds is 6. The minimum Gasteiger partial charge on any atom is -0.352 e. The summed E-state index contributed by atoms with van der Waals surface area (Å²) in [4.78, 5) is 29.4. The normalized spacial score (nSPS) is 15.3. The molecular weight excluding hydrogens is 310 g/mol. The largest absolute Gasteiger partial charge is 0.352 e. The van der Waals surface area contributed by atoms with E-state index in [2.05, 4.69) is 16.9 Å². The van der Waals surface area contributed by atoms with Crippen LogP contribution in [0.15, 0.2) is 46.9 Å². The quantitative estimate of drug-likeness (QED) is 0.502. The first-order valence-electron chi connectivity index (χ1n) is 7.68. The molecule has 0 aliphatic heterocycles. The fraction of sp³-hybridized carbons (Fsp3) is 0.353. The van der Waals surface area contributed by atoms with E-state index in [-0.39, 0.29) is 22.8 Å². The maximum atomic E-state index is 12.7. The Labute approximate surface area is 138 Å². The number of hydrogen-bond donors (Lipinski definition) is 1. The molecule has 5 nitrogen and oxygen atoms in total. The minimum atomic E-state index is -0.326. The van der Waals surface area contributed by atoms with E-state index >= 15 is 0 Å². The number of carbonyl (C=O) groups excluding carboxylic acids is 1. The summed E-state index contributed by atoms with van der Waals surface area (Å²) in [5.74, 6) is -0.0837. The van der Waals surface area contributed by atoms with E-state index in [0.717, 1.165) is 12.8 Å². The van der Waals surface area contributed by atoms with Crippen molar-refractivity contribution in [2.75, 3.05) is 6.54 Å². The lowest BCUT2D eigenvalue weighted by Gasteiger charge is -2.15. The molecule has 1 aromatic carbocycles. The number of hydrogen-bond acceptors (Lipinski definition) is 4. The van der Waals surface area contributed by atoms with Crippen LogP contribution >= 0.6 is 11.8 Å². The van der Waals surface area contributed by atoms with Crippen LogP contribution in [0.4, 0.5) is 0 Å². The van der Waals surface area contributed by atoms with Crippen LogP contribution in [0.5, 0.6) is 0 Å². The van der Waals surface area contributed by atoms with Crippen molar-refractivity contribution in [3.8, 4) is 0 Å². The van der Waals surface area contributed by atoms with Crippen molar-refractivity contribution in [3.05, 3.63) is 47.3 Å². The Morgan fingerprint density at radius 2 is 2.26 bits per heavy atom. The molecule has 0 unspecified atom stereocenters. The van der Waals surface area contributed by atoms with Gasteiger partial charge in [-0.2, -0.15) is 0 Å². The number of nitrogens with one attached hydrogen (secondary N) is 1. The highest BCUT2D eigenvalue weighted by atomic mass is 32.2. The van der Waals surface area contributed by atoms with Crippen LogP contribution in [0.25, 0.3) is 10.9 Å². The number of amides is 1. The van der Waals surface area contributed by atoms with E-state index in [1.54, 1.807) is 16.7 Å². The molecule has 1 atom stereocenters. The Balaban J connectivity index is 1.96. The average Bonchev–Trinajstić information content (AvgIpc) is 3.37. The third kappa shape index (κ3) is 3.32. The zero-order chi connectivity index (χ0) is 16.4. The molecule has 1 N–H and O–H groups in total. The molecule has 0 saturated heterocycles. The highest BCUT2D eigenvalue weighted by Gasteiger charge is 2.29. The van der Waals surface area contributed by atoms with Gasteiger partial charge in [-0.3, -0.25) is 14.2 Å². The predicted molar refractivity (Wildman–Crippen MR) is 92.8 cm³/mol. The third-order valence-electron chi connectivity index (χ3n) is 3.76. The molecule has 23 heavy (non-hydrogen) atoms. The number of fused-ring (bicyclic) bond motifs is 1. The monoisotopic (exact) mass is 329 g/mol. The van der Waals surface area contributed by atoms with Gasteiger partial charge in [0.25, 0.3) is 5.56 Å². The molecule has 1 aliphatic carbocycles. The van der Waals surface area contributed by atoms with E-state index in [1.807, 2.05) is 25.1 Å². The lowest BCUT2D eigenvalue weighted by Crippen LogP contribution is -2.32. The van der Waals surface area contributed by atoms with Gasteiger partial charge in [-0.1, -0.05) is 30.0 Å². The highest BCUT2D eigenvalue weighted by molar-refractivity contribution is 8.00. The summed E-state index contributed by atoms with van der Waals surface area (Å²) in [6, 6.07) is 7.57. The van der Waals surface area contributed by atoms with Crippen molar-refractivity contribution in [1.29, 1.82) is 0 Å². The Morgan fingerprint density at radius 3 is 2.96 bits per heavy atom. The van der Waals surface area contributed by atoms with E-state index in [9.17, 15) is 9.59 Å². The molecule has 2 aromatic rings. The van der Waals surface area contributed by atoms with E-state index in [0.29, 0.717) is 22.6 Å². The van der Waals surface area contributed by atoms with Crippen LogP contribution in [0.1, 0.15) is 25.8 Å². The van der Waals surface area contributed by atoms with Crippen LogP contribution < -0.4 is 10.9 Å². The summed E-state index contributed by atoms with van der Waals surface area (Å²) in [6.45, 7) is 5.84. The molecule has 0 spiro atoms. The van der Waals surface area contributed by atoms with E-state index < -0.39 is 0 Å². The summed E-state index contributed by atoms with van der Waals surface area (Å²) in [5.41, 5.74) is 0.662. The second-order valence-corrected chi connectivity index (χ2v) is 6.92. The second kappa shape index (κ2) is 6.58. The first-order chi connectivity index (χ1) is 11.1. The van der Waals surface area contributed by atoms with Crippen molar-refractivity contribution in [2.45, 2.75) is 36.2 Å². The van der Waals surface area contributed by atoms with Gasteiger partial charge in [0.15, 0.2) is 5.16 Å². The van der Waals surface area contributed by atoms with Gasteiger partial charge in [0.2, 0.25) is 5.91 Å². The first kappa shape index (κ1) is 15.8. The van der Waals surface area contributed by atoms with Crippen LogP contribution in [0.3, 0.4) is 0 Å². The van der Waals surface area contributed by atoms with Crippen molar-refractivity contribution in [2.24, 2.45) is 0 Å². The summed E-state index contributed by atoms with van der Waals surface area (Å²) in [5, 5.41) is 3.70. The summed E-state index contributed by atoms with van der Waals surface area (Å²) < 4.78 is 1.75. The lowest BCUT2D eigenvalue weighted by molar-refractivity contribution is -0.120. The molecule has 1 aromatic heterocycles. The molecule has 1 aliphatic rings. The van der Waals surface area contributed by atoms with Gasteiger partial charge in [0.05, 0.1) is 16.2 Å². The second-order valence-electron chi connectivity index (χ2n) is 5.61. The van der Waals surface area contributed by atoms with Gasteiger partial charge in [-0.05, 0) is 31.9 Å². The Hall–Kier alpha value is -2.08. The van der Waals surface area contributed by atoms with Crippen LogP contribution in [0, 0.1) is 0 Å². The number of para-hydroxylation sites is 1. The summed E-state index contributed by atoms with van der Waals surface area (Å²) >= 11 is 1.33. The van der Waals surface area contributed by atoms with Gasteiger partial charge < -0.3 is 5.32 Å². The molecule has 1 amide bonds. The Morgan fingerprint density at radius 1 is 1.52 bits per heavy atom. The summed E-state index contributed by atoms with van der Waals surface area (Å²) in [6.07, 6.45) is 3.62. The van der Waals surface area contributed by atoms with Gasteiger partial charge >= 0.3 is 0 Å². The predicted octanol–water partition coefficient (Wildman–Crippen LogP) is 2.51. The van der Waals surface area contributed by atoms with E-state index in [4.69, 9.17) is 0 Å². The average molecular weight is 329 g/mol. The number of nitrogens with zero attached hydrogens (tertiary/aromatic N) is 2. The number of carbonyl (C=O) groups is 1. The fourth-order valence-electron chi connectivity index (χ4n) is 2.39. The van der Waals surface area contributed by atoms with Crippen molar-refractivity contribution >= 4 is 28.6 Å². The summed E-state index contributed by atoms with van der Waals surface area (Å²) in [7, 11) is 0. The van der Waals surface area contributed by atoms with Crippen LogP contribution in [-0.2, 0) is 4.79 Å². The van der Waals surface area contributed by atoms with Crippen molar-refractivity contribution < 1.29 is 4.79 Å². The Bertz CT molecular complexity index is 811. The highest BCUT2D eigenvalue weighted by Crippen LogP contribution is 2.37. The van der Waals surface area contributed by atoms with Gasteiger partial charge in [-0.15, -0.1) is 6.58 Å². The maximum Gasteiger partial charge on any atom is 0.262 e. The molecular formula is C17H19N3O2S. The van der Waals surface area contributed by atoms with Crippen LogP contribution in [0.2, 0.25) is 0 Å². The maximum absolute atomic E-state index is 12.7. The molecule has 0 radical (unpaired) electrons. The standard InChI is InChI=1S/C17H19N3O2S/c1-3-10-18-15(21)11(2)23-17-19-14-7-5-4-6-13(14)16(22)20(17)12-8-9-12/h3-7,11-12H,1,8-10H2,2H3,(H,18,21)/t11-/m0/s1. The van der Waals surface area contributed by atoms with Gasteiger partial charge in [-0.25, -0.2) is 4.98 Å². The number of aromatic nitrogens is 2. The number of thioether (sulfide) groups is 1. The molecule has 1 saturated carbocycles. The van der Waals surface area contributed by atoms with Gasteiger partial charge in [0, 0.05) is 12.6 Å². The smallest absolute Gasteiger partial charge is 0.262 e. The molecule has 1 heterocycles. The zero-order valence-corrected chi connectivity index (χ0v) is 13.8. The fourth-order valence-corrected chi connectivity index (χ4v) is 3.39. The molecule has 0 bridgehead atoms. The molecule has 1 fully saturated rings. The van der Waals surface area contributed by atoms with Crippen LogP contribution in [-0.4, -0.2) is 27.3 Å². The Kier molecular flexibility index (Phi) is 4.52. The SMILES string of the molecule is C=CCNC(=O)[C@H](C)Sc1nc2ccccc2c(=O)n1C1CC1. The third-order valence-corrected chi connectivity index (χ3v) is 4.83. The molecule has 6 heteroatoms. The minimum absolute atomic E-state index is 0.0145. The topological polar surface area (TPSA) is 64.0 Å². The number of benzene rings is 1.